The number of rotatable bonds is 1. The summed E-state index contributed by atoms with van der Waals surface area (Å²) in [5, 5.41) is 10.2. The number of allylic oxidation sites excluding steroid dienone is 1. The summed E-state index contributed by atoms with van der Waals surface area (Å²) in [6.07, 6.45) is 0. The molecule has 3 aliphatic heterocycles. The second-order valence-corrected chi connectivity index (χ2v) is 7.62. The Bertz CT molecular complexity index is 1180. The minimum absolute atomic E-state index is 0.0188. The van der Waals surface area contributed by atoms with Crippen molar-refractivity contribution in [3.05, 3.63) is 101 Å². The first-order chi connectivity index (χ1) is 14.4. The lowest BCUT2D eigenvalue weighted by Gasteiger charge is -2.46. The normalized spacial score (nSPS) is 23.7. The SMILES string of the molecule is N#CC1=C2Oc3ccccc3N2[C@H](c2ccccc2)[C@H]2COc3ccccc3[C@H]12. The molecular formula is C25H18N2O2. The summed E-state index contributed by atoms with van der Waals surface area (Å²) in [6, 6.07) is 29.0. The van der Waals surface area contributed by atoms with Gasteiger partial charge in [0.1, 0.15) is 11.8 Å². The van der Waals surface area contributed by atoms with Crippen LogP contribution in [0.15, 0.2) is 90.3 Å². The number of hydrogen-bond acceptors (Lipinski definition) is 4. The predicted octanol–water partition coefficient (Wildman–Crippen LogP) is 5.17. The van der Waals surface area contributed by atoms with Crippen molar-refractivity contribution in [2.24, 2.45) is 5.92 Å². The van der Waals surface area contributed by atoms with E-state index in [0.29, 0.717) is 18.1 Å². The zero-order chi connectivity index (χ0) is 19.4. The van der Waals surface area contributed by atoms with Crippen molar-refractivity contribution in [2.45, 2.75) is 12.0 Å². The first-order valence-electron chi connectivity index (χ1n) is 9.84. The van der Waals surface area contributed by atoms with Gasteiger partial charge in [-0.2, -0.15) is 5.26 Å². The maximum atomic E-state index is 10.2. The molecule has 0 unspecified atom stereocenters. The monoisotopic (exact) mass is 378 g/mol. The van der Waals surface area contributed by atoms with Gasteiger partial charge < -0.3 is 14.4 Å². The third-order valence-corrected chi connectivity index (χ3v) is 6.15. The van der Waals surface area contributed by atoms with Gasteiger partial charge in [-0.25, -0.2) is 0 Å². The quantitative estimate of drug-likeness (QED) is 0.586. The van der Waals surface area contributed by atoms with Crippen LogP contribution in [0.3, 0.4) is 0 Å². The minimum Gasteiger partial charge on any atom is -0.493 e. The molecule has 140 valence electrons. The highest BCUT2D eigenvalue weighted by molar-refractivity contribution is 5.71. The van der Waals surface area contributed by atoms with Crippen molar-refractivity contribution >= 4 is 5.69 Å². The molecule has 3 aromatic carbocycles. The summed E-state index contributed by atoms with van der Waals surface area (Å²) < 4.78 is 12.4. The van der Waals surface area contributed by atoms with Gasteiger partial charge in [0.2, 0.25) is 5.88 Å². The topological polar surface area (TPSA) is 45.5 Å². The first kappa shape index (κ1) is 16.3. The highest BCUT2D eigenvalue weighted by atomic mass is 16.5. The van der Waals surface area contributed by atoms with Crippen molar-refractivity contribution in [1.29, 1.82) is 5.26 Å². The van der Waals surface area contributed by atoms with Crippen molar-refractivity contribution in [1.82, 2.24) is 0 Å². The lowest BCUT2D eigenvalue weighted by molar-refractivity contribution is 0.167. The van der Waals surface area contributed by atoms with E-state index in [1.54, 1.807) is 0 Å². The van der Waals surface area contributed by atoms with E-state index in [1.807, 2.05) is 42.5 Å². The largest absolute Gasteiger partial charge is 0.493 e. The molecule has 3 heterocycles. The molecule has 0 radical (unpaired) electrons. The van der Waals surface area contributed by atoms with Crippen LogP contribution in [0.2, 0.25) is 0 Å². The Balaban J connectivity index is 1.64. The molecular weight excluding hydrogens is 360 g/mol. The number of nitriles is 1. The molecule has 4 nitrogen and oxygen atoms in total. The number of nitrogens with zero attached hydrogens (tertiary/aromatic N) is 2. The molecule has 0 saturated carbocycles. The number of hydrogen-bond donors (Lipinski definition) is 0. The molecule has 0 aromatic heterocycles. The maximum Gasteiger partial charge on any atom is 0.215 e. The van der Waals surface area contributed by atoms with Crippen LogP contribution in [0.5, 0.6) is 11.5 Å². The van der Waals surface area contributed by atoms with Crippen molar-refractivity contribution in [3.8, 4) is 17.6 Å². The summed E-state index contributed by atoms with van der Waals surface area (Å²) in [5.74, 6) is 2.35. The summed E-state index contributed by atoms with van der Waals surface area (Å²) in [5.41, 5.74) is 3.93. The van der Waals surface area contributed by atoms with E-state index in [-0.39, 0.29) is 17.9 Å². The molecule has 3 aromatic rings. The maximum absolute atomic E-state index is 10.2. The van der Waals surface area contributed by atoms with E-state index in [4.69, 9.17) is 9.47 Å². The molecule has 0 spiro atoms. The van der Waals surface area contributed by atoms with Gasteiger partial charge in [-0.1, -0.05) is 60.7 Å². The summed E-state index contributed by atoms with van der Waals surface area (Å²) in [4.78, 5) is 2.20. The third kappa shape index (κ3) is 2.25. The van der Waals surface area contributed by atoms with E-state index in [0.717, 1.165) is 22.7 Å². The average Bonchev–Trinajstić information content (AvgIpc) is 3.17. The number of benzene rings is 3. The van der Waals surface area contributed by atoms with Gasteiger partial charge >= 0.3 is 0 Å². The molecule has 29 heavy (non-hydrogen) atoms. The fourth-order valence-electron chi connectivity index (χ4n) is 4.98. The fourth-order valence-corrected chi connectivity index (χ4v) is 4.98. The summed E-state index contributed by atoms with van der Waals surface area (Å²) in [6.45, 7) is 0.554. The van der Waals surface area contributed by atoms with Gasteiger partial charge in [0.05, 0.1) is 23.9 Å². The van der Waals surface area contributed by atoms with Crippen molar-refractivity contribution in [2.75, 3.05) is 11.5 Å². The number of fused-ring (bicyclic) bond motifs is 6. The van der Waals surface area contributed by atoms with Gasteiger partial charge in [-0.15, -0.1) is 0 Å². The number of ether oxygens (including phenoxy) is 2. The smallest absolute Gasteiger partial charge is 0.215 e. The van der Waals surface area contributed by atoms with Gasteiger partial charge in [-0.05, 0) is 23.8 Å². The Labute approximate surface area is 169 Å². The number of anilines is 1. The molecule has 0 bridgehead atoms. The minimum atomic E-state index is -0.0595. The second-order valence-electron chi connectivity index (χ2n) is 7.62. The Hall–Kier alpha value is -3.71. The second kappa shape index (κ2) is 6.15. The molecule has 0 amide bonds. The Kier molecular flexibility index (Phi) is 3.45. The summed E-state index contributed by atoms with van der Waals surface area (Å²) in [7, 11) is 0. The van der Waals surface area contributed by atoms with Crippen LogP contribution in [0, 0.1) is 17.2 Å². The van der Waals surface area contributed by atoms with Crippen LogP contribution in [0.25, 0.3) is 0 Å². The van der Waals surface area contributed by atoms with E-state index in [2.05, 4.69) is 47.4 Å². The van der Waals surface area contributed by atoms with E-state index in [9.17, 15) is 5.26 Å². The Morgan fingerprint density at radius 2 is 1.59 bits per heavy atom. The highest BCUT2D eigenvalue weighted by Gasteiger charge is 2.51. The Morgan fingerprint density at radius 1 is 0.862 bits per heavy atom. The summed E-state index contributed by atoms with van der Waals surface area (Å²) >= 11 is 0. The Morgan fingerprint density at radius 3 is 2.41 bits per heavy atom. The molecule has 4 heteroatoms. The molecule has 0 saturated heterocycles. The van der Waals surface area contributed by atoms with Gasteiger partial charge in [-0.3, -0.25) is 0 Å². The third-order valence-electron chi connectivity index (χ3n) is 6.15. The van der Waals surface area contributed by atoms with Crippen LogP contribution < -0.4 is 14.4 Å². The first-order valence-corrected chi connectivity index (χ1v) is 9.84. The van der Waals surface area contributed by atoms with Gasteiger partial charge in [0.25, 0.3) is 0 Å². The predicted molar refractivity (Wildman–Crippen MR) is 110 cm³/mol. The molecule has 0 fully saturated rings. The van der Waals surface area contributed by atoms with E-state index in [1.165, 1.54) is 5.56 Å². The van der Waals surface area contributed by atoms with Crippen molar-refractivity contribution in [3.63, 3.8) is 0 Å². The zero-order valence-electron chi connectivity index (χ0n) is 15.7. The molecule has 0 N–H and O–H groups in total. The molecule has 0 aliphatic carbocycles. The van der Waals surface area contributed by atoms with Crippen molar-refractivity contribution < 1.29 is 9.47 Å². The van der Waals surface area contributed by atoms with Crippen LogP contribution in [-0.4, -0.2) is 6.61 Å². The standard InChI is InChI=1S/C25H18N2O2/c26-14-18-23-17-10-4-6-12-21(17)28-15-19(23)24(16-8-2-1-3-9-16)27-20-11-5-7-13-22(20)29-25(18)27/h1-13,19,23-24H,15H2/t19-,23+,24+/m0/s1. The van der Waals surface area contributed by atoms with Crippen LogP contribution in [0.1, 0.15) is 23.1 Å². The van der Waals surface area contributed by atoms with E-state index < -0.39 is 0 Å². The molecule has 3 atom stereocenters. The number of para-hydroxylation sites is 3. The van der Waals surface area contributed by atoms with Crippen LogP contribution in [0.4, 0.5) is 5.69 Å². The highest BCUT2D eigenvalue weighted by Crippen LogP contribution is 2.57. The van der Waals surface area contributed by atoms with Gasteiger partial charge in [0.15, 0.2) is 5.75 Å². The van der Waals surface area contributed by atoms with Crippen LogP contribution >= 0.6 is 0 Å². The van der Waals surface area contributed by atoms with E-state index >= 15 is 0 Å². The average molecular weight is 378 g/mol. The molecule has 3 aliphatic rings. The lowest BCUT2D eigenvalue weighted by Crippen LogP contribution is -2.45. The zero-order valence-corrected chi connectivity index (χ0v) is 15.7. The molecule has 6 rings (SSSR count). The van der Waals surface area contributed by atoms with Crippen LogP contribution in [-0.2, 0) is 0 Å². The fraction of sp³-hybridized carbons (Fsp3) is 0.160. The lowest BCUT2D eigenvalue weighted by atomic mass is 9.71. The van der Waals surface area contributed by atoms with Gasteiger partial charge in [0, 0.05) is 17.4 Å².